The Morgan fingerprint density at radius 3 is 2.47 bits per heavy atom. The number of hydrogen-bond acceptors (Lipinski definition) is 2. The second kappa shape index (κ2) is 4.65. The molecule has 2 rings (SSSR count). The molecular weight excluding hydrogens is 243 g/mol. The van der Waals surface area contributed by atoms with E-state index in [4.69, 9.17) is 11.6 Å². The summed E-state index contributed by atoms with van der Waals surface area (Å²) in [5.41, 5.74) is -1.15. The molecular formula is C13H13ClFO2-. The Hall–Kier alpha value is -1.09. The molecule has 4 heteroatoms. The van der Waals surface area contributed by atoms with E-state index >= 15 is 0 Å². The van der Waals surface area contributed by atoms with Crippen LogP contribution in [-0.4, -0.2) is 5.97 Å². The molecule has 92 valence electrons. The quantitative estimate of drug-likeness (QED) is 0.814. The fourth-order valence-corrected chi connectivity index (χ4v) is 3.01. The Morgan fingerprint density at radius 1 is 1.29 bits per heavy atom. The highest BCUT2D eigenvalue weighted by Gasteiger charge is 2.39. The summed E-state index contributed by atoms with van der Waals surface area (Å²) in [6.07, 6.45) is 3.30. The van der Waals surface area contributed by atoms with E-state index in [-0.39, 0.29) is 10.6 Å². The van der Waals surface area contributed by atoms with Gasteiger partial charge in [0.2, 0.25) is 0 Å². The molecule has 1 saturated carbocycles. The molecule has 0 bridgehead atoms. The van der Waals surface area contributed by atoms with Gasteiger partial charge in [0.25, 0.3) is 0 Å². The van der Waals surface area contributed by atoms with E-state index in [1.165, 1.54) is 18.2 Å². The van der Waals surface area contributed by atoms with Crippen molar-refractivity contribution in [3.05, 3.63) is 34.6 Å². The lowest BCUT2D eigenvalue weighted by Crippen LogP contribution is -2.47. The minimum Gasteiger partial charge on any atom is -0.549 e. The van der Waals surface area contributed by atoms with Gasteiger partial charge in [0.15, 0.2) is 0 Å². The average molecular weight is 256 g/mol. The number of aliphatic carboxylic acids is 1. The molecule has 0 heterocycles. The van der Waals surface area contributed by atoms with Gasteiger partial charge in [0, 0.05) is 16.0 Å². The van der Waals surface area contributed by atoms with Crippen LogP contribution in [0.15, 0.2) is 18.2 Å². The SMILES string of the molecule is O=C([O-])C1(c2c(F)cccc2Cl)CCCCC1. The zero-order valence-corrected chi connectivity index (χ0v) is 10.1. The first kappa shape index (κ1) is 12.4. The van der Waals surface area contributed by atoms with E-state index in [1.807, 2.05) is 0 Å². The first-order chi connectivity index (χ1) is 8.08. The highest BCUT2D eigenvalue weighted by molar-refractivity contribution is 6.31. The van der Waals surface area contributed by atoms with Gasteiger partial charge in [-0.2, -0.15) is 0 Å². The van der Waals surface area contributed by atoms with Crippen molar-refractivity contribution in [3.8, 4) is 0 Å². The van der Waals surface area contributed by atoms with E-state index in [0.29, 0.717) is 12.8 Å². The number of carbonyl (C=O) groups excluding carboxylic acids is 1. The van der Waals surface area contributed by atoms with Crippen LogP contribution >= 0.6 is 11.6 Å². The third-order valence-electron chi connectivity index (χ3n) is 3.54. The maximum atomic E-state index is 13.9. The van der Waals surface area contributed by atoms with Gasteiger partial charge in [-0.05, 0) is 25.0 Å². The molecule has 1 aliphatic rings. The first-order valence-electron chi connectivity index (χ1n) is 5.74. The minimum atomic E-state index is -1.25. The summed E-state index contributed by atoms with van der Waals surface area (Å²) < 4.78 is 13.9. The average Bonchev–Trinajstić information content (AvgIpc) is 2.29. The van der Waals surface area contributed by atoms with Gasteiger partial charge in [0.1, 0.15) is 5.82 Å². The van der Waals surface area contributed by atoms with Crippen LogP contribution in [0, 0.1) is 5.82 Å². The predicted octanol–water partition coefficient (Wildman–Crippen LogP) is 2.43. The number of benzene rings is 1. The molecule has 2 nitrogen and oxygen atoms in total. The van der Waals surface area contributed by atoms with Gasteiger partial charge < -0.3 is 9.90 Å². The van der Waals surface area contributed by atoms with Crippen molar-refractivity contribution < 1.29 is 14.3 Å². The van der Waals surface area contributed by atoms with Crippen molar-refractivity contribution >= 4 is 17.6 Å². The van der Waals surface area contributed by atoms with E-state index in [0.717, 1.165) is 19.3 Å². The molecule has 0 amide bonds. The van der Waals surface area contributed by atoms with Crippen LogP contribution < -0.4 is 5.11 Å². The Labute approximate surface area is 104 Å². The van der Waals surface area contributed by atoms with Gasteiger partial charge in [-0.15, -0.1) is 0 Å². The molecule has 0 spiro atoms. The molecule has 0 aromatic heterocycles. The molecule has 1 fully saturated rings. The fourth-order valence-electron chi connectivity index (χ4n) is 2.67. The second-order valence-electron chi connectivity index (χ2n) is 4.53. The molecule has 0 unspecified atom stereocenters. The molecule has 1 aromatic carbocycles. The molecule has 1 aliphatic carbocycles. The Balaban J connectivity index is 2.56. The minimum absolute atomic E-state index is 0.0985. The van der Waals surface area contributed by atoms with Gasteiger partial charge in [-0.3, -0.25) is 0 Å². The molecule has 0 aliphatic heterocycles. The Kier molecular flexibility index (Phi) is 3.38. The van der Waals surface area contributed by atoms with Gasteiger partial charge in [-0.25, -0.2) is 4.39 Å². The van der Waals surface area contributed by atoms with Crippen molar-refractivity contribution in [2.45, 2.75) is 37.5 Å². The lowest BCUT2D eigenvalue weighted by Gasteiger charge is -2.39. The number of carboxylic acid groups (broad SMARTS) is 1. The van der Waals surface area contributed by atoms with Crippen molar-refractivity contribution in [2.75, 3.05) is 0 Å². The van der Waals surface area contributed by atoms with E-state index in [1.54, 1.807) is 0 Å². The zero-order chi connectivity index (χ0) is 12.5. The van der Waals surface area contributed by atoms with Gasteiger partial charge >= 0.3 is 0 Å². The third kappa shape index (κ3) is 2.04. The molecule has 0 N–H and O–H groups in total. The standard InChI is InChI=1S/C13H14ClFO2/c14-9-5-4-6-10(15)11(9)13(12(16)17)7-2-1-3-8-13/h4-6H,1-3,7-8H2,(H,16,17)/p-1. The number of hydrogen-bond donors (Lipinski definition) is 0. The van der Waals surface area contributed by atoms with Crippen molar-refractivity contribution in [1.29, 1.82) is 0 Å². The van der Waals surface area contributed by atoms with Gasteiger partial charge in [-0.1, -0.05) is 36.9 Å². The number of carboxylic acids is 1. The van der Waals surface area contributed by atoms with Gasteiger partial charge in [0.05, 0.1) is 5.97 Å². The fraction of sp³-hybridized carbons (Fsp3) is 0.462. The molecule has 1 aromatic rings. The lowest BCUT2D eigenvalue weighted by atomic mass is 9.69. The molecule has 0 radical (unpaired) electrons. The lowest BCUT2D eigenvalue weighted by molar-refractivity contribution is -0.315. The number of halogens is 2. The normalized spacial score (nSPS) is 18.9. The molecule has 0 atom stereocenters. The third-order valence-corrected chi connectivity index (χ3v) is 3.85. The first-order valence-corrected chi connectivity index (χ1v) is 6.12. The summed E-state index contributed by atoms with van der Waals surface area (Å²) >= 11 is 5.97. The number of carbonyl (C=O) groups is 1. The van der Waals surface area contributed by atoms with Crippen LogP contribution in [0.3, 0.4) is 0 Å². The van der Waals surface area contributed by atoms with Crippen LogP contribution in [0.1, 0.15) is 37.7 Å². The van der Waals surface area contributed by atoms with Crippen LogP contribution in [0.5, 0.6) is 0 Å². The summed E-state index contributed by atoms with van der Waals surface area (Å²) in [5, 5.41) is 11.6. The summed E-state index contributed by atoms with van der Waals surface area (Å²) in [5.74, 6) is -1.77. The molecule has 0 saturated heterocycles. The maximum Gasteiger partial charge on any atom is 0.128 e. The highest BCUT2D eigenvalue weighted by Crippen LogP contribution is 2.43. The van der Waals surface area contributed by atoms with Crippen LogP contribution in [0.4, 0.5) is 4.39 Å². The van der Waals surface area contributed by atoms with Crippen molar-refractivity contribution in [2.24, 2.45) is 0 Å². The summed E-state index contributed by atoms with van der Waals surface area (Å²) in [6.45, 7) is 0. The molecule has 17 heavy (non-hydrogen) atoms. The topological polar surface area (TPSA) is 40.1 Å². The second-order valence-corrected chi connectivity index (χ2v) is 4.93. The number of rotatable bonds is 2. The monoisotopic (exact) mass is 255 g/mol. The Morgan fingerprint density at radius 2 is 1.94 bits per heavy atom. The smallest absolute Gasteiger partial charge is 0.128 e. The maximum absolute atomic E-state index is 13.9. The highest BCUT2D eigenvalue weighted by atomic mass is 35.5. The summed E-state index contributed by atoms with van der Waals surface area (Å²) in [7, 11) is 0. The largest absolute Gasteiger partial charge is 0.549 e. The van der Waals surface area contributed by atoms with Crippen molar-refractivity contribution in [1.82, 2.24) is 0 Å². The van der Waals surface area contributed by atoms with Crippen LogP contribution in [-0.2, 0) is 10.2 Å². The summed E-state index contributed by atoms with van der Waals surface area (Å²) in [4.78, 5) is 11.4. The van der Waals surface area contributed by atoms with E-state index < -0.39 is 17.2 Å². The van der Waals surface area contributed by atoms with E-state index in [9.17, 15) is 14.3 Å². The predicted molar refractivity (Wildman–Crippen MR) is 61.2 cm³/mol. The van der Waals surface area contributed by atoms with E-state index in [2.05, 4.69) is 0 Å². The van der Waals surface area contributed by atoms with Crippen LogP contribution in [0.25, 0.3) is 0 Å². The zero-order valence-electron chi connectivity index (χ0n) is 9.34. The summed E-state index contributed by atoms with van der Waals surface area (Å²) in [6, 6.07) is 4.26. The van der Waals surface area contributed by atoms with Crippen molar-refractivity contribution in [3.63, 3.8) is 0 Å². The van der Waals surface area contributed by atoms with Crippen LogP contribution in [0.2, 0.25) is 5.02 Å². The Bertz CT molecular complexity index is 419.